The Balaban J connectivity index is 1.93. The number of nitrogens with one attached hydrogen (secondary N) is 1. The van der Waals surface area contributed by atoms with Crippen molar-refractivity contribution in [3.63, 3.8) is 0 Å². The molecule has 1 saturated carbocycles. The highest BCUT2D eigenvalue weighted by Gasteiger charge is 2.37. The average molecular weight is 240 g/mol. The van der Waals surface area contributed by atoms with Crippen LogP contribution in [0.1, 0.15) is 45.4 Å². The second-order valence-electron chi connectivity index (χ2n) is 6.55. The van der Waals surface area contributed by atoms with E-state index in [1.54, 1.807) is 0 Å². The fraction of sp³-hybridized carbons (Fsp3) is 1.00. The fourth-order valence-electron chi connectivity index (χ4n) is 3.82. The Morgan fingerprint density at radius 2 is 1.88 bits per heavy atom. The summed E-state index contributed by atoms with van der Waals surface area (Å²) in [5.41, 5.74) is 0.0137. The maximum Gasteiger partial charge on any atom is 0.0746 e. The van der Waals surface area contributed by atoms with Gasteiger partial charge in [0.05, 0.1) is 5.60 Å². The molecule has 1 heterocycles. The van der Waals surface area contributed by atoms with Gasteiger partial charge in [-0.3, -0.25) is 4.90 Å². The van der Waals surface area contributed by atoms with Crippen molar-refractivity contribution < 1.29 is 5.11 Å². The second-order valence-corrected chi connectivity index (χ2v) is 6.55. The molecule has 3 nitrogen and oxygen atoms in total. The van der Waals surface area contributed by atoms with Crippen molar-refractivity contribution in [1.29, 1.82) is 0 Å². The summed E-state index contributed by atoms with van der Waals surface area (Å²) in [7, 11) is 2.06. The van der Waals surface area contributed by atoms with Gasteiger partial charge in [-0.15, -0.1) is 0 Å². The summed E-state index contributed by atoms with van der Waals surface area (Å²) in [4.78, 5) is 2.49. The van der Waals surface area contributed by atoms with E-state index in [-0.39, 0.29) is 0 Å². The molecule has 0 aromatic carbocycles. The molecule has 1 aliphatic heterocycles. The standard InChI is InChI=1S/C14H28N2O/c1-13(17)6-5-9-16(11-13)12-14(10-15-2)7-3-4-8-14/h15,17H,3-12H2,1-2H3. The molecule has 2 fully saturated rings. The molecule has 1 atom stereocenters. The van der Waals surface area contributed by atoms with Crippen molar-refractivity contribution in [3.05, 3.63) is 0 Å². The minimum atomic E-state index is -0.461. The van der Waals surface area contributed by atoms with Crippen molar-refractivity contribution in [1.82, 2.24) is 10.2 Å². The summed E-state index contributed by atoms with van der Waals surface area (Å²) in [6, 6.07) is 0. The molecular weight excluding hydrogens is 212 g/mol. The summed E-state index contributed by atoms with van der Waals surface area (Å²) < 4.78 is 0. The lowest BCUT2D eigenvalue weighted by atomic mass is 9.84. The molecule has 1 aliphatic carbocycles. The number of hydrogen-bond acceptors (Lipinski definition) is 3. The highest BCUT2D eigenvalue weighted by atomic mass is 16.3. The molecule has 2 rings (SSSR count). The summed E-state index contributed by atoms with van der Waals surface area (Å²) in [6.07, 6.45) is 7.57. The first-order valence-electron chi connectivity index (χ1n) is 7.15. The first kappa shape index (κ1) is 13.3. The first-order valence-corrected chi connectivity index (χ1v) is 7.15. The molecule has 3 heteroatoms. The van der Waals surface area contributed by atoms with Crippen molar-refractivity contribution in [2.24, 2.45) is 5.41 Å². The van der Waals surface area contributed by atoms with E-state index < -0.39 is 5.60 Å². The molecule has 2 N–H and O–H groups in total. The van der Waals surface area contributed by atoms with E-state index in [2.05, 4.69) is 17.3 Å². The van der Waals surface area contributed by atoms with Crippen LogP contribution in [-0.4, -0.2) is 48.8 Å². The van der Waals surface area contributed by atoms with E-state index >= 15 is 0 Å². The van der Waals surface area contributed by atoms with E-state index in [0.29, 0.717) is 5.41 Å². The van der Waals surface area contributed by atoms with Crippen LogP contribution in [0.3, 0.4) is 0 Å². The van der Waals surface area contributed by atoms with Gasteiger partial charge in [0, 0.05) is 19.6 Å². The minimum absolute atomic E-state index is 0.461. The van der Waals surface area contributed by atoms with Gasteiger partial charge in [-0.05, 0) is 51.6 Å². The molecule has 0 radical (unpaired) electrons. The molecular formula is C14H28N2O. The number of aliphatic hydroxyl groups is 1. The van der Waals surface area contributed by atoms with Gasteiger partial charge in [0.1, 0.15) is 0 Å². The predicted octanol–water partition coefficient (Wildman–Crippen LogP) is 1.61. The molecule has 1 unspecified atom stereocenters. The molecule has 0 aromatic rings. The van der Waals surface area contributed by atoms with Crippen molar-refractivity contribution in [3.8, 4) is 0 Å². The van der Waals surface area contributed by atoms with Crippen molar-refractivity contribution >= 4 is 0 Å². The highest BCUT2D eigenvalue weighted by Crippen LogP contribution is 2.39. The fourth-order valence-corrected chi connectivity index (χ4v) is 3.82. The van der Waals surface area contributed by atoms with E-state index in [0.717, 1.165) is 25.9 Å². The third-order valence-electron chi connectivity index (χ3n) is 4.53. The zero-order valence-electron chi connectivity index (χ0n) is 11.5. The highest BCUT2D eigenvalue weighted by molar-refractivity contribution is 4.92. The first-order chi connectivity index (χ1) is 8.05. The normalized spacial score (nSPS) is 34.1. The molecule has 17 heavy (non-hydrogen) atoms. The Morgan fingerprint density at radius 1 is 1.18 bits per heavy atom. The van der Waals surface area contributed by atoms with E-state index in [4.69, 9.17) is 0 Å². The topological polar surface area (TPSA) is 35.5 Å². The van der Waals surface area contributed by atoms with E-state index in [1.807, 2.05) is 6.92 Å². The maximum absolute atomic E-state index is 10.2. The van der Waals surface area contributed by atoms with Crippen LogP contribution in [0.4, 0.5) is 0 Å². The molecule has 0 spiro atoms. The zero-order valence-corrected chi connectivity index (χ0v) is 11.5. The van der Waals surface area contributed by atoms with E-state index in [9.17, 15) is 5.11 Å². The van der Waals surface area contributed by atoms with Gasteiger partial charge in [0.25, 0.3) is 0 Å². The largest absolute Gasteiger partial charge is 0.389 e. The summed E-state index contributed by atoms with van der Waals surface area (Å²) in [5.74, 6) is 0. The smallest absolute Gasteiger partial charge is 0.0746 e. The number of nitrogens with zero attached hydrogens (tertiary/aromatic N) is 1. The SMILES string of the molecule is CNCC1(CN2CCCC(C)(O)C2)CCCC1. The van der Waals surface area contributed by atoms with Crippen LogP contribution in [0.2, 0.25) is 0 Å². The minimum Gasteiger partial charge on any atom is -0.389 e. The third kappa shape index (κ3) is 3.43. The summed E-state index contributed by atoms with van der Waals surface area (Å²) >= 11 is 0. The van der Waals surface area contributed by atoms with E-state index in [1.165, 1.54) is 38.8 Å². The Kier molecular flexibility index (Phi) is 4.11. The molecule has 0 amide bonds. The van der Waals surface area contributed by atoms with Crippen LogP contribution in [0, 0.1) is 5.41 Å². The van der Waals surface area contributed by atoms with Crippen LogP contribution in [-0.2, 0) is 0 Å². The van der Waals surface area contributed by atoms with Gasteiger partial charge in [0.2, 0.25) is 0 Å². The van der Waals surface area contributed by atoms with Gasteiger partial charge in [-0.1, -0.05) is 12.8 Å². The van der Waals surface area contributed by atoms with Crippen LogP contribution >= 0.6 is 0 Å². The number of hydrogen-bond donors (Lipinski definition) is 2. The Bertz CT molecular complexity index is 247. The maximum atomic E-state index is 10.2. The second kappa shape index (κ2) is 5.25. The van der Waals surface area contributed by atoms with Crippen LogP contribution in [0.15, 0.2) is 0 Å². The quantitative estimate of drug-likeness (QED) is 0.784. The van der Waals surface area contributed by atoms with Gasteiger partial charge < -0.3 is 10.4 Å². The lowest BCUT2D eigenvalue weighted by molar-refractivity contribution is -0.0279. The van der Waals surface area contributed by atoms with Gasteiger partial charge in [-0.2, -0.15) is 0 Å². The molecule has 0 bridgehead atoms. The predicted molar refractivity (Wildman–Crippen MR) is 71.1 cm³/mol. The third-order valence-corrected chi connectivity index (χ3v) is 4.53. The van der Waals surface area contributed by atoms with Gasteiger partial charge in [0.15, 0.2) is 0 Å². The van der Waals surface area contributed by atoms with Crippen molar-refractivity contribution in [2.45, 2.75) is 51.0 Å². The lowest BCUT2D eigenvalue weighted by Crippen LogP contribution is -2.51. The number of piperidine rings is 1. The Labute approximate surface area is 106 Å². The number of rotatable bonds is 4. The molecule has 100 valence electrons. The Morgan fingerprint density at radius 3 is 2.47 bits per heavy atom. The van der Waals surface area contributed by atoms with Crippen molar-refractivity contribution in [2.75, 3.05) is 33.2 Å². The van der Waals surface area contributed by atoms with Crippen LogP contribution < -0.4 is 5.32 Å². The summed E-state index contributed by atoms with van der Waals surface area (Å²) in [6.45, 7) is 6.31. The Hall–Kier alpha value is -0.120. The molecule has 0 aromatic heterocycles. The lowest BCUT2D eigenvalue weighted by Gasteiger charge is -2.42. The number of likely N-dealkylation sites (tertiary alicyclic amines) is 1. The van der Waals surface area contributed by atoms with Crippen LogP contribution in [0.25, 0.3) is 0 Å². The van der Waals surface area contributed by atoms with Gasteiger partial charge in [-0.25, -0.2) is 0 Å². The van der Waals surface area contributed by atoms with Gasteiger partial charge >= 0.3 is 0 Å². The zero-order chi connectivity index (χ0) is 12.4. The monoisotopic (exact) mass is 240 g/mol. The number of β-amino-alcohol motifs (C(OH)–C–C–N with tert-alkyl or cyclic N) is 1. The molecule has 1 saturated heterocycles. The van der Waals surface area contributed by atoms with Crippen LogP contribution in [0.5, 0.6) is 0 Å². The summed E-state index contributed by atoms with van der Waals surface area (Å²) in [5, 5.41) is 13.5. The average Bonchev–Trinajstić information content (AvgIpc) is 2.65. The molecule has 2 aliphatic rings.